The van der Waals surface area contributed by atoms with Gasteiger partial charge in [0.1, 0.15) is 12.6 Å². The van der Waals surface area contributed by atoms with Crippen molar-refractivity contribution in [1.82, 2.24) is 4.90 Å². The van der Waals surface area contributed by atoms with Gasteiger partial charge in [-0.15, -0.1) is 0 Å². The molecule has 0 saturated carbocycles. The molecule has 2 heterocycles. The number of fused-ring (bicyclic) bond motifs is 2. The van der Waals surface area contributed by atoms with Gasteiger partial charge in [-0.25, -0.2) is 4.39 Å². The summed E-state index contributed by atoms with van der Waals surface area (Å²) in [4.78, 5) is 42.0. The van der Waals surface area contributed by atoms with Crippen molar-refractivity contribution in [3.8, 4) is 5.75 Å². The number of nitrogens with one attached hydrogen (secondary N) is 1. The molecule has 2 aromatic rings. The molecule has 30 heavy (non-hydrogen) atoms. The maximum atomic E-state index is 13.9. The number of methoxy groups -OCH3 is 1. The summed E-state index contributed by atoms with van der Waals surface area (Å²) < 4.78 is 18.8. The van der Waals surface area contributed by atoms with E-state index in [1.807, 2.05) is 0 Å². The van der Waals surface area contributed by atoms with Crippen LogP contribution in [0.15, 0.2) is 42.5 Å². The number of carbonyl (C=O) groups excluding carboxylic acids is 3. The lowest BCUT2D eigenvalue weighted by Crippen LogP contribution is -2.52. The predicted molar refractivity (Wildman–Crippen MR) is 109 cm³/mol. The van der Waals surface area contributed by atoms with Gasteiger partial charge in [0.05, 0.1) is 18.4 Å². The van der Waals surface area contributed by atoms with Gasteiger partial charge in [0.2, 0.25) is 11.8 Å². The van der Waals surface area contributed by atoms with Crippen molar-refractivity contribution < 1.29 is 23.5 Å². The van der Waals surface area contributed by atoms with Crippen LogP contribution in [0.5, 0.6) is 5.75 Å². The van der Waals surface area contributed by atoms with Gasteiger partial charge in [-0.05, 0) is 43.5 Å². The number of ether oxygens (including phenoxy) is 1. The second-order valence-electron chi connectivity index (χ2n) is 7.35. The van der Waals surface area contributed by atoms with Gasteiger partial charge in [0.25, 0.3) is 5.91 Å². The Morgan fingerprint density at radius 2 is 2.00 bits per heavy atom. The lowest BCUT2D eigenvalue weighted by atomic mass is 10.0. The van der Waals surface area contributed by atoms with Crippen molar-refractivity contribution >= 4 is 29.1 Å². The molecule has 4 rings (SSSR count). The average molecular weight is 411 g/mol. The molecule has 1 saturated heterocycles. The van der Waals surface area contributed by atoms with Crippen LogP contribution in [0.3, 0.4) is 0 Å². The maximum absolute atomic E-state index is 13.9. The van der Waals surface area contributed by atoms with Gasteiger partial charge in [-0.1, -0.05) is 12.1 Å². The summed E-state index contributed by atoms with van der Waals surface area (Å²) in [5.41, 5.74) is 1.07. The highest BCUT2D eigenvalue weighted by atomic mass is 19.1. The van der Waals surface area contributed by atoms with Crippen LogP contribution in [0, 0.1) is 5.82 Å². The fourth-order valence-electron chi connectivity index (χ4n) is 4.03. The SMILES string of the molecule is COc1ccc(NC(=O)CN2C(=O)C3CCCCN3C(=O)c3ccccc32)cc1F. The molecule has 8 heteroatoms. The van der Waals surface area contributed by atoms with E-state index in [2.05, 4.69) is 5.32 Å². The van der Waals surface area contributed by atoms with Crippen LogP contribution in [-0.2, 0) is 9.59 Å². The van der Waals surface area contributed by atoms with E-state index in [9.17, 15) is 18.8 Å². The van der Waals surface area contributed by atoms with E-state index in [0.717, 1.165) is 18.9 Å². The van der Waals surface area contributed by atoms with E-state index >= 15 is 0 Å². The number of carbonyl (C=O) groups is 3. The van der Waals surface area contributed by atoms with E-state index in [4.69, 9.17) is 4.74 Å². The summed E-state index contributed by atoms with van der Waals surface area (Å²) in [5.74, 6) is -1.48. The first-order valence-electron chi connectivity index (χ1n) is 9.84. The van der Waals surface area contributed by atoms with E-state index in [1.165, 1.54) is 24.1 Å². The highest BCUT2D eigenvalue weighted by Gasteiger charge is 2.40. The Morgan fingerprint density at radius 1 is 1.20 bits per heavy atom. The van der Waals surface area contributed by atoms with E-state index in [0.29, 0.717) is 24.2 Å². The molecular weight excluding hydrogens is 389 g/mol. The monoisotopic (exact) mass is 411 g/mol. The second-order valence-corrected chi connectivity index (χ2v) is 7.35. The highest BCUT2D eigenvalue weighted by Crippen LogP contribution is 2.31. The average Bonchev–Trinajstić information content (AvgIpc) is 2.84. The largest absolute Gasteiger partial charge is 0.494 e. The van der Waals surface area contributed by atoms with Crippen LogP contribution in [0.4, 0.5) is 15.8 Å². The minimum atomic E-state index is -0.602. The molecule has 1 N–H and O–H groups in total. The summed E-state index contributed by atoms with van der Waals surface area (Å²) in [5, 5.41) is 2.61. The molecule has 0 bridgehead atoms. The molecule has 0 radical (unpaired) electrons. The Hall–Kier alpha value is -3.42. The summed E-state index contributed by atoms with van der Waals surface area (Å²) in [6, 6.07) is 10.3. The molecule has 1 fully saturated rings. The van der Waals surface area contributed by atoms with Gasteiger partial charge in [0, 0.05) is 18.3 Å². The molecule has 0 aromatic heterocycles. The van der Waals surface area contributed by atoms with Crippen LogP contribution >= 0.6 is 0 Å². The third-order valence-electron chi connectivity index (χ3n) is 5.48. The summed E-state index contributed by atoms with van der Waals surface area (Å²) in [7, 11) is 1.36. The molecule has 2 aliphatic rings. The quantitative estimate of drug-likeness (QED) is 0.839. The summed E-state index contributed by atoms with van der Waals surface area (Å²) in [6.45, 7) is 0.246. The van der Waals surface area contributed by atoms with Crippen molar-refractivity contribution in [2.24, 2.45) is 0 Å². The van der Waals surface area contributed by atoms with E-state index in [1.54, 1.807) is 29.2 Å². The zero-order valence-electron chi connectivity index (χ0n) is 16.6. The molecule has 2 aliphatic heterocycles. The van der Waals surface area contributed by atoms with Gasteiger partial charge in [-0.3, -0.25) is 14.4 Å². The lowest BCUT2D eigenvalue weighted by molar-refractivity contribution is -0.125. The van der Waals surface area contributed by atoms with Crippen molar-refractivity contribution in [3.63, 3.8) is 0 Å². The molecule has 0 aliphatic carbocycles. The van der Waals surface area contributed by atoms with Gasteiger partial charge in [0.15, 0.2) is 11.6 Å². The topological polar surface area (TPSA) is 79.0 Å². The highest BCUT2D eigenvalue weighted by molar-refractivity contribution is 6.13. The van der Waals surface area contributed by atoms with Crippen molar-refractivity contribution in [2.45, 2.75) is 25.3 Å². The van der Waals surface area contributed by atoms with Gasteiger partial charge < -0.3 is 19.9 Å². The number of para-hydroxylation sites is 1. The van der Waals surface area contributed by atoms with Crippen LogP contribution < -0.4 is 15.0 Å². The van der Waals surface area contributed by atoms with E-state index < -0.39 is 17.8 Å². The summed E-state index contributed by atoms with van der Waals surface area (Å²) in [6.07, 6.45) is 2.27. The van der Waals surface area contributed by atoms with Crippen LogP contribution in [-0.4, -0.2) is 48.9 Å². The number of hydrogen-bond donors (Lipinski definition) is 1. The Morgan fingerprint density at radius 3 is 2.77 bits per heavy atom. The first-order valence-corrected chi connectivity index (χ1v) is 9.84. The molecule has 3 amide bonds. The Bertz CT molecular complexity index is 1010. The number of hydrogen-bond acceptors (Lipinski definition) is 4. The number of rotatable bonds is 4. The number of amides is 3. The third-order valence-corrected chi connectivity index (χ3v) is 5.48. The minimum Gasteiger partial charge on any atom is -0.494 e. The van der Waals surface area contributed by atoms with Gasteiger partial charge in [-0.2, -0.15) is 0 Å². The van der Waals surface area contributed by atoms with Crippen LogP contribution in [0.2, 0.25) is 0 Å². The number of anilines is 2. The molecule has 156 valence electrons. The minimum absolute atomic E-state index is 0.0699. The van der Waals surface area contributed by atoms with Crippen LogP contribution in [0.1, 0.15) is 29.6 Å². The molecule has 1 unspecified atom stereocenters. The fourth-order valence-corrected chi connectivity index (χ4v) is 4.03. The Kier molecular flexibility index (Phi) is 5.39. The molecule has 0 spiro atoms. The maximum Gasteiger partial charge on any atom is 0.256 e. The van der Waals surface area contributed by atoms with Crippen molar-refractivity contribution in [1.29, 1.82) is 0 Å². The normalized spacial score (nSPS) is 18.4. The number of benzene rings is 2. The molecule has 1 atom stereocenters. The smallest absolute Gasteiger partial charge is 0.256 e. The van der Waals surface area contributed by atoms with Crippen molar-refractivity contribution in [3.05, 3.63) is 53.8 Å². The first kappa shape index (κ1) is 19.9. The van der Waals surface area contributed by atoms with Crippen molar-refractivity contribution in [2.75, 3.05) is 30.4 Å². The molecule has 2 aromatic carbocycles. The lowest BCUT2D eigenvalue weighted by Gasteiger charge is -2.34. The van der Waals surface area contributed by atoms with Gasteiger partial charge >= 0.3 is 0 Å². The van der Waals surface area contributed by atoms with Crippen LogP contribution in [0.25, 0.3) is 0 Å². The number of piperidine rings is 1. The number of halogens is 1. The Balaban J connectivity index is 1.61. The standard InChI is InChI=1S/C22H22FN3O4/c1-30-19-10-9-14(12-16(19)23)24-20(27)13-26-17-7-3-2-6-15(17)21(28)25-11-5-4-8-18(25)22(26)29/h2-3,6-7,9-10,12,18H,4-5,8,11,13H2,1H3,(H,24,27). The fraction of sp³-hybridized carbons (Fsp3) is 0.318. The molecular formula is C22H22FN3O4. The van der Waals surface area contributed by atoms with E-state index in [-0.39, 0.29) is 29.8 Å². The zero-order valence-corrected chi connectivity index (χ0v) is 16.6. The Labute approximate surface area is 173 Å². The summed E-state index contributed by atoms with van der Waals surface area (Å²) >= 11 is 0. The number of nitrogens with zero attached hydrogens (tertiary/aromatic N) is 2. The third kappa shape index (κ3) is 3.60. The first-order chi connectivity index (χ1) is 14.5. The molecule has 7 nitrogen and oxygen atoms in total. The zero-order chi connectivity index (χ0) is 21.3. The predicted octanol–water partition coefficient (Wildman–Crippen LogP) is 2.81. The second kappa shape index (κ2) is 8.14.